The molecule has 1 heterocycles. The standard InChI is InChI=1S/C20H20N2O3S/c23-26(24,17-8-2-1-3-9-17)20-18-14-16(10-11-19(18)21-22-20)25-13-12-15-6-4-5-7-15/h1-3,8-12,14H,4-7,13H2,(H,21,22). The lowest BCUT2D eigenvalue weighted by Gasteiger charge is -2.05. The third-order valence-corrected chi connectivity index (χ3v) is 6.42. The zero-order valence-corrected chi connectivity index (χ0v) is 15.1. The predicted molar refractivity (Wildman–Crippen MR) is 100 cm³/mol. The van der Waals surface area contributed by atoms with E-state index in [0.717, 1.165) is 12.8 Å². The maximum Gasteiger partial charge on any atom is 0.223 e. The minimum absolute atomic E-state index is 0.0956. The first-order valence-corrected chi connectivity index (χ1v) is 10.2. The number of fused-ring (bicyclic) bond motifs is 1. The second-order valence-corrected chi connectivity index (χ2v) is 8.32. The minimum Gasteiger partial charge on any atom is -0.490 e. The van der Waals surface area contributed by atoms with E-state index >= 15 is 0 Å². The van der Waals surface area contributed by atoms with E-state index in [4.69, 9.17) is 4.74 Å². The van der Waals surface area contributed by atoms with Crippen LogP contribution in [0.15, 0.2) is 70.1 Å². The second kappa shape index (κ2) is 6.96. The van der Waals surface area contributed by atoms with Crippen molar-refractivity contribution in [3.63, 3.8) is 0 Å². The van der Waals surface area contributed by atoms with Crippen LogP contribution in [-0.2, 0) is 9.84 Å². The molecule has 0 bridgehead atoms. The average molecular weight is 368 g/mol. The van der Waals surface area contributed by atoms with Gasteiger partial charge in [0.1, 0.15) is 12.4 Å². The van der Waals surface area contributed by atoms with E-state index in [0.29, 0.717) is 23.3 Å². The molecule has 1 aliphatic carbocycles. The molecule has 0 amide bonds. The topological polar surface area (TPSA) is 72.0 Å². The summed E-state index contributed by atoms with van der Waals surface area (Å²) < 4.78 is 31.6. The molecule has 0 aliphatic heterocycles. The Morgan fingerprint density at radius 3 is 2.62 bits per heavy atom. The zero-order valence-electron chi connectivity index (χ0n) is 14.3. The largest absolute Gasteiger partial charge is 0.490 e. The van der Waals surface area contributed by atoms with Crippen molar-refractivity contribution in [2.75, 3.05) is 6.61 Å². The molecule has 0 saturated heterocycles. The summed E-state index contributed by atoms with van der Waals surface area (Å²) in [5.41, 5.74) is 2.04. The van der Waals surface area contributed by atoms with Crippen molar-refractivity contribution in [2.45, 2.75) is 35.6 Å². The number of sulfone groups is 1. The zero-order chi connectivity index (χ0) is 18.0. The summed E-state index contributed by atoms with van der Waals surface area (Å²) in [7, 11) is -3.66. The number of nitrogens with one attached hydrogen (secondary N) is 1. The lowest BCUT2D eigenvalue weighted by Crippen LogP contribution is -2.03. The van der Waals surface area contributed by atoms with Gasteiger partial charge in [0.05, 0.1) is 10.4 Å². The second-order valence-electron chi connectivity index (χ2n) is 6.43. The van der Waals surface area contributed by atoms with Crippen LogP contribution in [0.5, 0.6) is 5.75 Å². The molecule has 0 atom stereocenters. The molecule has 5 nitrogen and oxygen atoms in total. The van der Waals surface area contributed by atoms with Crippen molar-refractivity contribution in [2.24, 2.45) is 0 Å². The van der Waals surface area contributed by atoms with Crippen LogP contribution < -0.4 is 4.74 Å². The number of nitrogens with zero attached hydrogens (tertiary/aromatic N) is 1. The Kier molecular flexibility index (Phi) is 4.51. The molecule has 2 aromatic carbocycles. The average Bonchev–Trinajstić information content (AvgIpc) is 3.32. The first-order valence-electron chi connectivity index (χ1n) is 8.73. The Labute approximate surface area is 152 Å². The fourth-order valence-electron chi connectivity index (χ4n) is 3.27. The fourth-order valence-corrected chi connectivity index (χ4v) is 4.64. The number of hydrogen-bond acceptors (Lipinski definition) is 4. The fraction of sp³-hybridized carbons (Fsp3) is 0.250. The highest BCUT2D eigenvalue weighted by Gasteiger charge is 2.23. The van der Waals surface area contributed by atoms with Gasteiger partial charge in [-0.3, -0.25) is 5.10 Å². The number of allylic oxidation sites excluding steroid dienone is 1. The molecule has 1 fully saturated rings. The van der Waals surface area contributed by atoms with Gasteiger partial charge in [0.25, 0.3) is 0 Å². The highest BCUT2D eigenvalue weighted by molar-refractivity contribution is 7.91. The predicted octanol–water partition coefficient (Wildman–Crippen LogP) is 4.27. The van der Waals surface area contributed by atoms with E-state index in [2.05, 4.69) is 16.3 Å². The molecule has 4 rings (SSSR count). The Bertz CT molecular complexity index is 1050. The first-order chi connectivity index (χ1) is 12.6. The Hall–Kier alpha value is -2.60. The summed E-state index contributed by atoms with van der Waals surface area (Å²) in [6.45, 7) is 0.499. The summed E-state index contributed by atoms with van der Waals surface area (Å²) in [6, 6.07) is 13.7. The summed E-state index contributed by atoms with van der Waals surface area (Å²) >= 11 is 0. The highest BCUT2D eigenvalue weighted by Crippen LogP contribution is 2.29. The molecule has 3 aromatic rings. The quantitative estimate of drug-likeness (QED) is 0.683. The molecule has 0 unspecified atom stereocenters. The summed E-state index contributed by atoms with van der Waals surface area (Å²) in [5, 5.41) is 7.44. The smallest absolute Gasteiger partial charge is 0.223 e. The van der Waals surface area contributed by atoms with Gasteiger partial charge in [-0.25, -0.2) is 8.42 Å². The molecule has 1 aliphatic rings. The van der Waals surface area contributed by atoms with Gasteiger partial charge in [0.15, 0.2) is 5.03 Å². The maximum atomic E-state index is 12.9. The molecule has 6 heteroatoms. The molecule has 1 N–H and O–H groups in total. The maximum absolute atomic E-state index is 12.9. The number of benzene rings is 2. The molecule has 0 spiro atoms. The van der Waals surface area contributed by atoms with Crippen LogP contribution in [0.2, 0.25) is 0 Å². The molecule has 26 heavy (non-hydrogen) atoms. The first kappa shape index (κ1) is 16.8. The van der Waals surface area contributed by atoms with Crippen LogP contribution in [0.4, 0.5) is 0 Å². The van der Waals surface area contributed by atoms with Gasteiger partial charge in [-0.1, -0.05) is 23.8 Å². The number of aromatic amines is 1. The Balaban J connectivity index is 1.63. The Morgan fingerprint density at radius 2 is 1.85 bits per heavy atom. The molecular formula is C20H20N2O3S. The molecule has 1 saturated carbocycles. The van der Waals surface area contributed by atoms with Crippen molar-refractivity contribution in [1.29, 1.82) is 0 Å². The molecular weight excluding hydrogens is 348 g/mol. The number of aromatic nitrogens is 2. The van der Waals surface area contributed by atoms with Gasteiger partial charge in [-0.05, 0) is 62.1 Å². The number of rotatable bonds is 5. The third-order valence-electron chi connectivity index (χ3n) is 4.68. The Morgan fingerprint density at radius 1 is 1.08 bits per heavy atom. The van der Waals surface area contributed by atoms with Crippen molar-refractivity contribution >= 4 is 20.7 Å². The summed E-state index contributed by atoms with van der Waals surface area (Å²) in [4.78, 5) is 0.239. The number of hydrogen-bond donors (Lipinski definition) is 1. The van der Waals surface area contributed by atoms with Crippen molar-refractivity contribution in [3.05, 3.63) is 60.2 Å². The summed E-state index contributed by atoms with van der Waals surface area (Å²) in [6.07, 6.45) is 6.96. The van der Waals surface area contributed by atoms with E-state index in [1.54, 1.807) is 42.5 Å². The lowest BCUT2D eigenvalue weighted by molar-refractivity contribution is 0.362. The van der Waals surface area contributed by atoms with Crippen LogP contribution in [0.1, 0.15) is 25.7 Å². The van der Waals surface area contributed by atoms with Gasteiger partial charge >= 0.3 is 0 Å². The molecule has 1 aromatic heterocycles. The van der Waals surface area contributed by atoms with E-state index in [1.165, 1.54) is 18.4 Å². The monoisotopic (exact) mass is 368 g/mol. The van der Waals surface area contributed by atoms with E-state index in [9.17, 15) is 8.42 Å². The van der Waals surface area contributed by atoms with Crippen LogP contribution in [0, 0.1) is 0 Å². The van der Waals surface area contributed by atoms with Gasteiger partial charge < -0.3 is 4.74 Å². The van der Waals surface area contributed by atoms with Gasteiger partial charge in [-0.2, -0.15) is 5.10 Å². The highest BCUT2D eigenvalue weighted by atomic mass is 32.2. The third kappa shape index (κ3) is 3.24. The number of H-pyrrole nitrogens is 1. The minimum atomic E-state index is -3.66. The lowest BCUT2D eigenvalue weighted by atomic mass is 10.2. The molecule has 134 valence electrons. The SMILES string of the molecule is O=S(=O)(c1ccccc1)c1[nH]nc2ccc(OCC=C3CCCC3)cc12. The van der Waals surface area contributed by atoms with Crippen LogP contribution in [0.25, 0.3) is 10.9 Å². The van der Waals surface area contributed by atoms with Crippen molar-refractivity contribution in [3.8, 4) is 5.75 Å². The van der Waals surface area contributed by atoms with Gasteiger partial charge in [-0.15, -0.1) is 0 Å². The van der Waals surface area contributed by atoms with Crippen LogP contribution in [-0.4, -0.2) is 25.2 Å². The van der Waals surface area contributed by atoms with Gasteiger partial charge in [0.2, 0.25) is 9.84 Å². The van der Waals surface area contributed by atoms with Gasteiger partial charge in [0, 0.05) is 5.39 Å². The normalized spacial score (nSPS) is 14.7. The van der Waals surface area contributed by atoms with E-state index in [-0.39, 0.29) is 9.92 Å². The number of ether oxygens (including phenoxy) is 1. The van der Waals surface area contributed by atoms with Crippen LogP contribution in [0.3, 0.4) is 0 Å². The van der Waals surface area contributed by atoms with Crippen molar-refractivity contribution in [1.82, 2.24) is 10.2 Å². The summed E-state index contributed by atoms with van der Waals surface area (Å²) in [5.74, 6) is 0.637. The van der Waals surface area contributed by atoms with E-state index in [1.807, 2.05) is 6.07 Å². The van der Waals surface area contributed by atoms with E-state index < -0.39 is 9.84 Å². The molecule has 0 radical (unpaired) electrons. The van der Waals surface area contributed by atoms with Crippen LogP contribution >= 0.6 is 0 Å². The van der Waals surface area contributed by atoms with Crippen molar-refractivity contribution < 1.29 is 13.2 Å².